The van der Waals surface area contributed by atoms with Crippen molar-refractivity contribution in [2.24, 2.45) is 5.73 Å². The molecule has 0 spiro atoms. The maximum Gasteiger partial charge on any atom is 0.407 e. The number of rotatable bonds is 5. The lowest BCUT2D eigenvalue weighted by Gasteiger charge is -2.33. The van der Waals surface area contributed by atoms with Crippen molar-refractivity contribution in [2.45, 2.75) is 64.1 Å². The third kappa shape index (κ3) is 10.6. The van der Waals surface area contributed by atoms with Crippen molar-refractivity contribution < 1.29 is 19.1 Å². The molecule has 75 heavy (non-hydrogen) atoms. The van der Waals surface area contributed by atoms with Crippen molar-refractivity contribution in [1.29, 1.82) is 0 Å². The molecule has 18 nitrogen and oxygen atoms in total. The lowest BCUT2D eigenvalue weighted by atomic mass is 10.0. The Labute approximate surface area is 446 Å². The molecule has 0 radical (unpaired) electrons. The molecular weight excluding hydrogens is 992 g/mol. The number of aromatic nitrogens is 8. The van der Waals surface area contributed by atoms with Gasteiger partial charge in [-0.3, -0.25) is 18.7 Å². The Kier molecular flexibility index (Phi) is 15.0. The van der Waals surface area contributed by atoms with Crippen LogP contribution >= 0.6 is 24.8 Å². The molecular formula is C55H56Cl2N14O4. The van der Waals surface area contributed by atoms with Gasteiger partial charge in [-0.05, 0) is 119 Å². The van der Waals surface area contributed by atoms with Crippen LogP contribution in [0.4, 0.5) is 27.8 Å². The highest BCUT2D eigenvalue weighted by molar-refractivity contribution is 5.96. The van der Waals surface area contributed by atoms with Crippen molar-refractivity contribution in [3.63, 3.8) is 0 Å². The van der Waals surface area contributed by atoms with Crippen LogP contribution in [-0.2, 0) is 4.74 Å². The summed E-state index contributed by atoms with van der Waals surface area (Å²) in [4.78, 5) is 51.1. The van der Waals surface area contributed by atoms with E-state index in [-0.39, 0.29) is 48.7 Å². The van der Waals surface area contributed by atoms with Crippen LogP contribution in [0.25, 0.3) is 56.9 Å². The molecule has 0 atom stereocenters. The topological polar surface area (TPSA) is 216 Å². The number of likely N-dealkylation sites (tertiary alicyclic amines) is 2. The number of hydrogen-bond donors (Lipinski definition) is 4. The lowest BCUT2D eigenvalue weighted by molar-refractivity contribution is 0.0473. The molecule has 4 aliphatic rings. The number of benzene rings is 4. The summed E-state index contributed by atoms with van der Waals surface area (Å²) in [6.07, 6.45) is 6.14. The Balaban J connectivity index is 0.000000182. The molecule has 4 aromatic heterocycles. The molecule has 384 valence electrons. The Morgan fingerprint density at radius 3 is 1.41 bits per heavy atom. The summed E-state index contributed by atoms with van der Waals surface area (Å²) in [6.45, 7) is 8.05. The lowest BCUT2D eigenvalue weighted by Crippen LogP contribution is -2.47. The third-order valence-electron chi connectivity index (χ3n) is 13.3. The zero-order valence-corrected chi connectivity index (χ0v) is 43.1. The van der Waals surface area contributed by atoms with Gasteiger partial charge in [0.2, 0.25) is 0 Å². The normalized spacial score (nSPS) is 14.5. The van der Waals surface area contributed by atoms with E-state index in [1.165, 1.54) is 0 Å². The smallest absolute Gasteiger partial charge is 0.407 e. The number of fused-ring (bicyclic) bond motifs is 10. The van der Waals surface area contributed by atoms with Crippen LogP contribution in [-0.4, -0.2) is 111 Å². The summed E-state index contributed by atoms with van der Waals surface area (Å²) in [5, 5.41) is 27.9. The molecule has 4 aromatic carbocycles. The Hall–Kier alpha value is -8.19. The number of carbonyl (C=O) groups excluding carboxylic acids is 3. The average Bonchev–Trinajstić information content (AvgIpc) is 3.99. The number of alkyl carbamates (subject to hydrolysis) is 1. The number of carbonyl (C=O) groups is 3. The van der Waals surface area contributed by atoms with Gasteiger partial charge in [-0.25, -0.2) is 14.8 Å². The highest BCUT2D eigenvalue weighted by Crippen LogP contribution is 2.41. The number of hydrogen-bond acceptors (Lipinski definition) is 13. The number of pyridine rings is 2. The molecule has 0 unspecified atom stereocenters. The summed E-state index contributed by atoms with van der Waals surface area (Å²) in [5.74, 6) is 4.27. The molecule has 4 aliphatic heterocycles. The minimum absolute atomic E-state index is 0. The Morgan fingerprint density at radius 2 is 0.973 bits per heavy atom. The van der Waals surface area contributed by atoms with E-state index in [2.05, 4.69) is 46.3 Å². The summed E-state index contributed by atoms with van der Waals surface area (Å²) < 4.78 is 9.37. The van der Waals surface area contributed by atoms with Gasteiger partial charge in [0.15, 0.2) is 34.9 Å². The van der Waals surface area contributed by atoms with Crippen molar-refractivity contribution in [2.75, 3.05) is 36.8 Å². The van der Waals surface area contributed by atoms with Crippen molar-refractivity contribution in [3.8, 4) is 56.9 Å². The highest BCUT2D eigenvalue weighted by atomic mass is 35.5. The standard InChI is InChI=1S/C30H31N7O3.C25H23N7O.2ClH/c1-30(2,3)40-29(39)32-21-14-17-36(18-15-21)28(38)20-12-10-19(11-13-20)26-34-35-27-22-7-4-5-8-23(22)33-25-24(37(26)27)9-6-16-31-25;26-18-11-14-31(15-12-18)25(33)17-9-7-16(8-10-17)23-29-30-24-19-4-1-2-5-20(19)28-22-21(32(23)24)6-3-13-27-22;;/h4-13,16,21H,14-15,17-18H2,1-3H3,(H,31,33)(H,32,39);1-10,13,18H,11-12,14-15,26H2,(H,27,28);2*1H. The van der Waals surface area contributed by atoms with E-state index in [0.29, 0.717) is 73.4 Å². The largest absolute Gasteiger partial charge is 0.444 e. The first-order valence-corrected chi connectivity index (χ1v) is 24.5. The summed E-state index contributed by atoms with van der Waals surface area (Å²) in [5.41, 5.74) is 13.8. The zero-order chi connectivity index (χ0) is 50.2. The summed E-state index contributed by atoms with van der Waals surface area (Å²) >= 11 is 0. The maximum atomic E-state index is 13.3. The second-order valence-corrected chi connectivity index (χ2v) is 19.4. The van der Waals surface area contributed by atoms with Crippen LogP contribution in [0, 0.1) is 0 Å². The van der Waals surface area contributed by atoms with Crippen LogP contribution in [0.15, 0.2) is 134 Å². The molecule has 0 bridgehead atoms. The van der Waals surface area contributed by atoms with Crippen molar-refractivity contribution >= 4 is 65.7 Å². The first kappa shape index (κ1) is 51.7. The number of nitrogens with two attached hydrogens (primary N) is 1. The van der Waals surface area contributed by atoms with Gasteiger partial charge in [0, 0.05) is 84.0 Å². The fraction of sp³-hybridized carbons (Fsp3) is 0.255. The Morgan fingerprint density at radius 1 is 0.560 bits per heavy atom. The number of para-hydroxylation sites is 2. The van der Waals surface area contributed by atoms with E-state index >= 15 is 0 Å². The minimum atomic E-state index is -0.542. The van der Waals surface area contributed by atoms with E-state index in [4.69, 9.17) is 10.5 Å². The first-order chi connectivity index (χ1) is 35.5. The predicted octanol–water partition coefficient (Wildman–Crippen LogP) is 9.64. The van der Waals surface area contributed by atoms with Gasteiger partial charge in [0.25, 0.3) is 11.8 Å². The molecule has 8 aromatic rings. The number of ether oxygens (including phenoxy) is 1. The SMILES string of the molecule is CC(C)(C)OC(=O)NC1CCN(C(=O)c2ccc(-c3nnc4n3-c3cccnc3Nc3ccccc3-4)cc2)CC1.Cl.Cl.NC1CCN(C(=O)c2ccc(-c3nnc4n3-c3cccnc3Nc3ccccc3-4)cc2)CC1. The highest BCUT2D eigenvalue weighted by Gasteiger charge is 2.30. The molecule has 2 fully saturated rings. The quantitative estimate of drug-likeness (QED) is 0.126. The van der Waals surface area contributed by atoms with E-state index in [1.807, 2.05) is 161 Å². The maximum absolute atomic E-state index is 13.3. The van der Waals surface area contributed by atoms with Gasteiger partial charge in [0.05, 0.1) is 22.7 Å². The van der Waals surface area contributed by atoms with Crippen LogP contribution < -0.4 is 21.7 Å². The number of amides is 3. The van der Waals surface area contributed by atoms with E-state index in [0.717, 1.165) is 69.5 Å². The Bertz CT molecular complexity index is 3360. The second-order valence-electron chi connectivity index (χ2n) is 19.4. The minimum Gasteiger partial charge on any atom is -0.444 e. The van der Waals surface area contributed by atoms with E-state index in [1.54, 1.807) is 12.4 Å². The van der Waals surface area contributed by atoms with Crippen molar-refractivity contribution in [1.82, 2.24) is 54.6 Å². The van der Waals surface area contributed by atoms with Gasteiger partial charge in [-0.15, -0.1) is 45.2 Å². The van der Waals surface area contributed by atoms with Crippen LogP contribution in [0.3, 0.4) is 0 Å². The zero-order valence-electron chi connectivity index (χ0n) is 41.5. The number of anilines is 4. The van der Waals surface area contributed by atoms with E-state index in [9.17, 15) is 14.4 Å². The first-order valence-electron chi connectivity index (χ1n) is 24.5. The fourth-order valence-electron chi connectivity index (χ4n) is 9.62. The molecule has 0 aliphatic carbocycles. The predicted molar refractivity (Wildman–Crippen MR) is 293 cm³/mol. The van der Waals surface area contributed by atoms with Crippen molar-refractivity contribution in [3.05, 3.63) is 145 Å². The van der Waals surface area contributed by atoms with E-state index < -0.39 is 11.7 Å². The van der Waals surface area contributed by atoms with Gasteiger partial charge in [-0.2, -0.15) is 0 Å². The third-order valence-corrected chi connectivity index (χ3v) is 13.3. The number of piperidine rings is 2. The molecule has 12 rings (SSSR count). The van der Waals surface area contributed by atoms with Crippen LogP contribution in [0.2, 0.25) is 0 Å². The molecule has 5 N–H and O–H groups in total. The summed E-state index contributed by atoms with van der Waals surface area (Å²) in [6, 6.07) is 38.9. The van der Waals surface area contributed by atoms with Gasteiger partial charge in [0.1, 0.15) is 5.60 Å². The number of halogens is 2. The molecule has 8 heterocycles. The van der Waals surface area contributed by atoms with Crippen LogP contribution in [0.1, 0.15) is 67.2 Å². The molecule has 2 saturated heterocycles. The van der Waals surface area contributed by atoms with Gasteiger partial charge >= 0.3 is 6.09 Å². The second kappa shape index (κ2) is 21.7. The van der Waals surface area contributed by atoms with Gasteiger partial charge < -0.3 is 36.2 Å². The van der Waals surface area contributed by atoms with Gasteiger partial charge in [-0.1, -0.05) is 48.5 Å². The fourth-order valence-corrected chi connectivity index (χ4v) is 9.62. The number of nitrogens with one attached hydrogen (secondary N) is 3. The molecule has 0 saturated carbocycles. The van der Waals surface area contributed by atoms with Crippen LogP contribution in [0.5, 0.6) is 0 Å². The monoisotopic (exact) mass is 1050 g/mol. The summed E-state index contributed by atoms with van der Waals surface area (Å²) in [7, 11) is 0. The number of nitrogens with zero attached hydrogens (tertiary/aromatic N) is 10. The molecule has 3 amide bonds. The molecule has 20 heteroatoms. The average molecular weight is 1050 g/mol.